The molecule has 2 heterocycles. The molecule has 0 spiro atoms. The number of imide groups is 1. The van der Waals surface area contributed by atoms with Crippen LogP contribution in [0.25, 0.3) is 0 Å². The van der Waals surface area contributed by atoms with E-state index in [1.54, 1.807) is 20.3 Å². The van der Waals surface area contributed by atoms with Gasteiger partial charge < -0.3 is 19.4 Å². The van der Waals surface area contributed by atoms with E-state index in [4.69, 9.17) is 14.3 Å². The second-order valence-electron chi connectivity index (χ2n) is 8.26. The summed E-state index contributed by atoms with van der Waals surface area (Å²) in [5, 5.41) is 13.1. The molecule has 1 saturated heterocycles. The monoisotopic (exact) mass is 414 g/mol. The number of ether oxygens (including phenoxy) is 2. The van der Waals surface area contributed by atoms with Crippen LogP contribution in [-0.4, -0.2) is 60.4 Å². The van der Waals surface area contributed by atoms with Gasteiger partial charge in [0.05, 0.1) is 32.0 Å². The number of methoxy groups -OCH3 is 2. The molecule has 1 aromatic rings. The lowest BCUT2D eigenvalue weighted by Crippen LogP contribution is -2.42. The molecule has 2 aliphatic carbocycles. The van der Waals surface area contributed by atoms with Crippen molar-refractivity contribution >= 4 is 23.5 Å². The van der Waals surface area contributed by atoms with Crippen LogP contribution in [0.15, 0.2) is 23.4 Å². The van der Waals surface area contributed by atoms with Crippen molar-refractivity contribution in [3.8, 4) is 11.5 Å². The van der Waals surface area contributed by atoms with E-state index >= 15 is 0 Å². The third-order valence-electron chi connectivity index (χ3n) is 7.07. The quantitative estimate of drug-likeness (QED) is 0.689. The first kappa shape index (κ1) is 18.9. The van der Waals surface area contributed by atoms with Gasteiger partial charge >= 0.3 is 5.97 Å². The molecule has 2 amide bonds. The van der Waals surface area contributed by atoms with Gasteiger partial charge in [0.1, 0.15) is 6.10 Å². The summed E-state index contributed by atoms with van der Waals surface area (Å²) in [6, 6.07) is 5.51. The Labute approximate surface area is 172 Å². The lowest BCUT2D eigenvalue weighted by molar-refractivity contribution is -0.141. The van der Waals surface area contributed by atoms with E-state index in [1.807, 2.05) is 12.1 Å². The Bertz CT molecular complexity index is 974. The molecule has 2 bridgehead atoms. The Morgan fingerprint density at radius 3 is 2.50 bits per heavy atom. The van der Waals surface area contributed by atoms with E-state index < -0.39 is 29.8 Å². The van der Waals surface area contributed by atoms with E-state index in [9.17, 15) is 19.5 Å². The highest BCUT2D eigenvalue weighted by Crippen LogP contribution is 2.61. The van der Waals surface area contributed by atoms with Crippen molar-refractivity contribution in [1.29, 1.82) is 0 Å². The number of amides is 2. The number of carboxylic acid groups (broad SMARTS) is 1. The number of carbonyl (C=O) groups excluding carboxylic acids is 2. The van der Waals surface area contributed by atoms with Crippen LogP contribution >= 0.6 is 0 Å². The number of carbonyl (C=O) groups is 3. The first-order chi connectivity index (χ1) is 14.5. The van der Waals surface area contributed by atoms with Crippen LogP contribution < -0.4 is 9.47 Å². The molecule has 0 aromatic heterocycles. The van der Waals surface area contributed by atoms with Crippen LogP contribution in [-0.2, 0) is 25.6 Å². The van der Waals surface area contributed by atoms with Crippen molar-refractivity contribution in [2.24, 2.45) is 34.7 Å². The van der Waals surface area contributed by atoms with E-state index in [1.165, 1.54) is 4.90 Å². The predicted molar refractivity (Wildman–Crippen MR) is 102 cm³/mol. The van der Waals surface area contributed by atoms with Gasteiger partial charge in [-0.2, -0.15) is 0 Å². The highest BCUT2D eigenvalue weighted by Gasteiger charge is 2.70. The zero-order valence-corrected chi connectivity index (χ0v) is 16.6. The highest BCUT2D eigenvalue weighted by molar-refractivity contribution is 6.37. The minimum Gasteiger partial charge on any atom is -0.493 e. The van der Waals surface area contributed by atoms with Gasteiger partial charge in [0.15, 0.2) is 17.2 Å². The summed E-state index contributed by atoms with van der Waals surface area (Å²) in [4.78, 5) is 44.4. The minimum absolute atomic E-state index is 0.0185. The summed E-state index contributed by atoms with van der Waals surface area (Å²) >= 11 is 0. The normalized spacial score (nSPS) is 33.3. The standard InChI is InChI=1S/C21H22N2O7/c1-28-12-4-3-9(7-13(12)29-2)5-6-23-19(24)14-10-8-11(15(14)20(23)25)18-16(10)17(21(26)27)22-30-18/h3-4,7,10-11,14-16,18H,5-6,8H2,1-2H3,(H,26,27)/t10-,11+,14-,15+,16+,18-/m1/s1. The van der Waals surface area contributed by atoms with Crippen molar-refractivity contribution in [2.45, 2.75) is 18.9 Å². The number of benzene rings is 1. The third-order valence-corrected chi connectivity index (χ3v) is 7.07. The maximum Gasteiger partial charge on any atom is 0.354 e. The zero-order valence-electron chi connectivity index (χ0n) is 16.6. The van der Waals surface area contributed by atoms with Gasteiger partial charge in [-0.05, 0) is 36.5 Å². The fourth-order valence-electron chi connectivity index (χ4n) is 5.86. The lowest BCUT2D eigenvalue weighted by Gasteiger charge is -2.29. The average molecular weight is 414 g/mol. The number of hydrogen-bond donors (Lipinski definition) is 1. The van der Waals surface area contributed by atoms with E-state index in [2.05, 4.69) is 5.16 Å². The SMILES string of the molecule is COc1ccc(CCN2C(=O)[C@@H]3[C@H]4C[C@H]([C@H]5ON=C(C(=O)O)[C@H]45)[C@@H]3C2=O)cc1OC. The van der Waals surface area contributed by atoms with Crippen molar-refractivity contribution in [1.82, 2.24) is 4.90 Å². The molecule has 2 aliphatic heterocycles. The summed E-state index contributed by atoms with van der Waals surface area (Å²) in [7, 11) is 3.12. The van der Waals surface area contributed by atoms with Crippen LogP contribution in [0.3, 0.4) is 0 Å². The van der Waals surface area contributed by atoms with Gasteiger partial charge in [-0.1, -0.05) is 11.2 Å². The second kappa shape index (κ2) is 6.72. The first-order valence-electron chi connectivity index (χ1n) is 9.99. The third kappa shape index (κ3) is 2.47. The number of carboxylic acids is 1. The second-order valence-corrected chi connectivity index (χ2v) is 8.26. The molecule has 0 unspecified atom stereocenters. The minimum atomic E-state index is -1.12. The molecule has 0 radical (unpaired) electrons. The molecule has 4 aliphatic rings. The summed E-state index contributed by atoms with van der Waals surface area (Å²) in [6.07, 6.45) is 0.723. The van der Waals surface area contributed by atoms with Gasteiger partial charge in [0, 0.05) is 12.5 Å². The summed E-state index contributed by atoms with van der Waals surface area (Å²) in [5.74, 6) is -1.96. The molecule has 30 heavy (non-hydrogen) atoms. The van der Waals surface area contributed by atoms with E-state index in [0.717, 1.165) is 5.56 Å². The Hall–Kier alpha value is -3.10. The van der Waals surface area contributed by atoms with Crippen molar-refractivity contribution < 1.29 is 33.8 Å². The van der Waals surface area contributed by atoms with Gasteiger partial charge in [-0.15, -0.1) is 0 Å². The fourth-order valence-corrected chi connectivity index (χ4v) is 5.86. The van der Waals surface area contributed by atoms with E-state index in [0.29, 0.717) is 24.3 Å². The van der Waals surface area contributed by atoms with E-state index in [-0.39, 0.29) is 35.9 Å². The highest BCUT2D eigenvalue weighted by atomic mass is 16.6. The summed E-state index contributed by atoms with van der Waals surface area (Å²) in [6.45, 7) is 0.273. The number of oxime groups is 1. The van der Waals surface area contributed by atoms with Crippen molar-refractivity contribution in [3.63, 3.8) is 0 Å². The number of rotatable bonds is 6. The number of hydrogen-bond acceptors (Lipinski definition) is 7. The lowest BCUT2D eigenvalue weighted by atomic mass is 9.72. The number of nitrogens with zero attached hydrogens (tertiary/aromatic N) is 2. The smallest absolute Gasteiger partial charge is 0.354 e. The zero-order chi connectivity index (χ0) is 21.2. The van der Waals surface area contributed by atoms with Crippen LogP contribution in [0.4, 0.5) is 0 Å². The molecule has 3 fully saturated rings. The molecular formula is C21H22N2O7. The Balaban J connectivity index is 1.33. The molecule has 9 heteroatoms. The topological polar surface area (TPSA) is 115 Å². The Kier molecular flexibility index (Phi) is 4.23. The molecule has 1 aromatic carbocycles. The molecule has 2 saturated carbocycles. The Morgan fingerprint density at radius 1 is 1.13 bits per heavy atom. The van der Waals surface area contributed by atoms with Gasteiger partial charge in [-0.25, -0.2) is 4.79 Å². The maximum atomic E-state index is 13.1. The molecule has 158 valence electrons. The fraction of sp³-hybridized carbons (Fsp3) is 0.524. The van der Waals surface area contributed by atoms with Crippen LogP contribution in [0.5, 0.6) is 11.5 Å². The molecule has 5 rings (SSSR count). The van der Waals surface area contributed by atoms with Crippen LogP contribution in [0.1, 0.15) is 12.0 Å². The Morgan fingerprint density at radius 2 is 1.83 bits per heavy atom. The molecule has 1 N–H and O–H groups in total. The molecule has 9 nitrogen and oxygen atoms in total. The predicted octanol–water partition coefficient (Wildman–Crippen LogP) is 0.953. The van der Waals surface area contributed by atoms with Crippen LogP contribution in [0, 0.1) is 29.6 Å². The average Bonchev–Trinajstić information content (AvgIpc) is 3.47. The first-order valence-corrected chi connectivity index (χ1v) is 9.99. The largest absolute Gasteiger partial charge is 0.493 e. The van der Waals surface area contributed by atoms with Gasteiger partial charge in [-0.3, -0.25) is 14.5 Å². The summed E-state index contributed by atoms with van der Waals surface area (Å²) < 4.78 is 10.6. The number of aliphatic carboxylic acids is 1. The number of fused-ring (bicyclic) bond motifs is 8. The van der Waals surface area contributed by atoms with Crippen molar-refractivity contribution in [3.05, 3.63) is 23.8 Å². The van der Waals surface area contributed by atoms with Crippen LogP contribution in [0.2, 0.25) is 0 Å². The van der Waals surface area contributed by atoms with Crippen molar-refractivity contribution in [2.75, 3.05) is 20.8 Å². The number of likely N-dealkylation sites (tertiary alicyclic amines) is 1. The molecule has 6 atom stereocenters. The summed E-state index contributed by atoms with van der Waals surface area (Å²) in [5.41, 5.74) is 0.906. The maximum absolute atomic E-state index is 13.1. The van der Waals surface area contributed by atoms with Gasteiger partial charge in [0.2, 0.25) is 11.8 Å². The molecular weight excluding hydrogens is 392 g/mol. The van der Waals surface area contributed by atoms with Gasteiger partial charge in [0.25, 0.3) is 0 Å².